The van der Waals surface area contributed by atoms with Gasteiger partial charge in [-0.2, -0.15) is 0 Å². The van der Waals surface area contributed by atoms with E-state index in [1.165, 1.54) is 20.2 Å². The van der Waals surface area contributed by atoms with Gasteiger partial charge < -0.3 is 18.2 Å². The second-order valence-corrected chi connectivity index (χ2v) is 20.5. The zero-order chi connectivity index (χ0) is 50.6. The van der Waals surface area contributed by atoms with E-state index >= 15 is 0 Å². The average Bonchev–Trinajstić information content (AvgIpc) is 4.46. The Balaban J connectivity index is 0.945. The molecule has 5 heterocycles. The summed E-state index contributed by atoms with van der Waals surface area (Å²) >= 11 is 1.81. The van der Waals surface area contributed by atoms with Crippen molar-refractivity contribution in [3.05, 3.63) is 243 Å². The van der Waals surface area contributed by atoms with E-state index in [1.54, 1.807) is 0 Å². The molecule has 0 spiro atoms. The summed E-state index contributed by atoms with van der Waals surface area (Å²) in [5, 5.41) is 8.89. The second-order valence-electron chi connectivity index (χ2n) is 19.4. The first-order valence-corrected chi connectivity index (χ1v) is 26.5. The van der Waals surface area contributed by atoms with E-state index in [4.69, 9.17) is 28.2 Å². The molecule has 77 heavy (non-hydrogen) atoms. The first-order valence-electron chi connectivity index (χ1n) is 25.6. The van der Waals surface area contributed by atoms with Gasteiger partial charge >= 0.3 is 0 Å². The van der Waals surface area contributed by atoms with Crippen molar-refractivity contribution in [2.75, 3.05) is 4.90 Å². The van der Waals surface area contributed by atoms with Gasteiger partial charge in [0, 0.05) is 91.7 Å². The molecule has 0 aliphatic heterocycles. The van der Waals surface area contributed by atoms with Crippen molar-refractivity contribution >= 4 is 114 Å². The van der Waals surface area contributed by atoms with Gasteiger partial charge in [0.1, 0.15) is 33.5 Å². The van der Waals surface area contributed by atoms with Crippen LogP contribution in [0.15, 0.2) is 256 Å². The van der Waals surface area contributed by atoms with Gasteiger partial charge in [-0.25, -0.2) is 15.0 Å². The van der Waals surface area contributed by atoms with Crippen molar-refractivity contribution < 1.29 is 13.3 Å². The van der Waals surface area contributed by atoms with E-state index in [2.05, 4.69) is 193 Å². The normalized spacial score (nSPS) is 11.9. The molecule has 0 amide bonds. The first-order chi connectivity index (χ1) is 38.1. The van der Waals surface area contributed by atoms with Crippen LogP contribution in [0.5, 0.6) is 0 Å². The quantitative estimate of drug-likeness (QED) is 0.150. The van der Waals surface area contributed by atoms with Crippen LogP contribution in [-0.2, 0) is 0 Å². The molecule has 0 bridgehead atoms. The number of para-hydroxylation sites is 4. The van der Waals surface area contributed by atoms with Crippen LogP contribution in [0.1, 0.15) is 0 Å². The highest BCUT2D eigenvalue weighted by atomic mass is 32.1. The Kier molecular flexibility index (Phi) is 9.67. The highest BCUT2D eigenvalue weighted by Gasteiger charge is 2.26. The molecule has 0 atom stereocenters. The Morgan fingerprint density at radius 2 is 0.753 bits per heavy atom. The number of rotatable bonds is 8. The van der Waals surface area contributed by atoms with Gasteiger partial charge in [-0.15, -0.1) is 11.3 Å². The molecule has 0 aliphatic carbocycles. The van der Waals surface area contributed by atoms with E-state index in [0.29, 0.717) is 17.5 Å². The second kappa shape index (κ2) is 17.2. The minimum absolute atomic E-state index is 0.520. The Morgan fingerprint density at radius 1 is 0.299 bits per heavy atom. The van der Waals surface area contributed by atoms with Crippen molar-refractivity contribution in [2.45, 2.75) is 0 Å². The number of anilines is 3. The van der Waals surface area contributed by atoms with Crippen LogP contribution < -0.4 is 4.90 Å². The molecule has 5 aromatic heterocycles. The lowest BCUT2D eigenvalue weighted by molar-refractivity contribution is 0.668. The molecular formula is C69H40N4O3S. The maximum atomic E-state index is 6.44. The fraction of sp³-hybridized carbons (Fsp3) is 0. The molecule has 0 fully saturated rings. The predicted octanol–water partition coefficient (Wildman–Crippen LogP) is 19.7. The summed E-state index contributed by atoms with van der Waals surface area (Å²) < 4.78 is 21.6. The highest BCUT2D eigenvalue weighted by molar-refractivity contribution is 7.26. The smallest absolute Gasteiger partial charge is 0.164 e. The van der Waals surface area contributed by atoms with Crippen molar-refractivity contribution in [2.24, 2.45) is 0 Å². The molecule has 0 N–H and O–H groups in total. The van der Waals surface area contributed by atoms with Gasteiger partial charge in [-0.05, 0) is 102 Å². The lowest BCUT2D eigenvalue weighted by atomic mass is 9.91. The molecule has 8 heteroatoms. The van der Waals surface area contributed by atoms with Crippen LogP contribution in [0.3, 0.4) is 0 Å². The molecule has 11 aromatic carbocycles. The molecule has 0 aliphatic rings. The first kappa shape index (κ1) is 43.3. The third kappa shape index (κ3) is 7.07. The summed E-state index contributed by atoms with van der Waals surface area (Å²) in [5.41, 5.74) is 14.6. The van der Waals surface area contributed by atoms with Crippen molar-refractivity contribution in [1.82, 2.24) is 15.0 Å². The summed E-state index contributed by atoms with van der Waals surface area (Å²) in [6.07, 6.45) is 0. The molecule has 16 aromatic rings. The zero-order valence-electron chi connectivity index (χ0n) is 41.0. The predicted molar refractivity (Wildman–Crippen MR) is 316 cm³/mol. The molecule has 16 rings (SSSR count). The standard InChI is InChI=1S/C69H40N4O3S/c1-4-16-41(17-5-1)55-36-45(69-71-67(43-28-31-50-48-22-10-13-25-57(48)75-61(50)38-43)70-68(72-69)44-29-32-51-49-23-11-14-26-58(49)76-62(51)39-44)37-56(42-18-6-2-7-19-42)65(55)73(46-20-8-3-9-21-46)47-30-33-52-53-34-35-60-64(66(53)77-63(52)40-47)54-24-12-15-27-59(54)74-60/h1-40H. The Hall–Kier alpha value is -10.2. The van der Waals surface area contributed by atoms with Gasteiger partial charge in [0.2, 0.25) is 0 Å². The molecular weight excluding hydrogens is 965 g/mol. The minimum atomic E-state index is 0.520. The molecule has 0 unspecified atom stereocenters. The van der Waals surface area contributed by atoms with E-state index in [0.717, 1.165) is 122 Å². The van der Waals surface area contributed by atoms with E-state index in [-0.39, 0.29) is 0 Å². The van der Waals surface area contributed by atoms with Crippen LogP contribution >= 0.6 is 11.3 Å². The maximum absolute atomic E-state index is 6.44. The van der Waals surface area contributed by atoms with Crippen molar-refractivity contribution in [3.8, 4) is 56.4 Å². The number of fused-ring (bicyclic) bond motifs is 13. The Bertz CT molecular complexity index is 4810. The largest absolute Gasteiger partial charge is 0.456 e. The number of nitrogens with zero attached hydrogens (tertiary/aromatic N) is 4. The fourth-order valence-corrected chi connectivity index (χ4v) is 12.6. The van der Waals surface area contributed by atoms with Crippen molar-refractivity contribution in [3.63, 3.8) is 0 Å². The van der Waals surface area contributed by atoms with Gasteiger partial charge in [0.05, 0.1) is 5.69 Å². The summed E-state index contributed by atoms with van der Waals surface area (Å²) in [7, 11) is 0. The number of aromatic nitrogens is 3. The van der Waals surface area contributed by atoms with Gasteiger partial charge in [-0.1, -0.05) is 152 Å². The van der Waals surface area contributed by atoms with Gasteiger partial charge in [0.25, 0.3) is 0 Å². The third-order valence-electron chi connectivity index (χ3n) is 14.9. The summed E-state index contributed by atoms with van der Waals surface area (Å²) in [5.74, 6) is 1.56. The zero-order valence-corrected chi connectivity index (χ0v) is 41.8. The van der Waals surface area contributed by atoms with Crippen LogP contribution in [0.4, 0.5) is 17.1 Å². The lowest BCUT2D eigenvalue weighted by Crippen LogP contribution is -2.13. The number of thiophene rings is 1. The average molecular weight is 1010 g/mol. The van der Waals surface area contributed by atoms with E-state index in [9.17, 15) is 0 Å². The highest BCUT2D eigenvalue weighted by Crippen LogP contribution is 2.51. The minimum Gasteiger partial charge on any atom is -0.456 e. The lowest BCUT2D eigenvalue weighted by Gasteiger charge is -2.31. The van der Waals surface area contributed by atoms with E-state index < -0.39 is 0 Å². The molecule has 360 valence electrons. The summed E-state index contributed by atoms with van der Waals surface area (Å²) in [6, 6.07) is 84.7. The number of benzene rings is 11. The Morgan fingerprint density at radius 3 is 1.34 bits per heavy atom. The third-order valence-corrected chi connectivity index (χ3v) is 16.1. The van der Waals surface area contributed by atoms with Crippen molar-refractivity contribution in [1.29, 1.82) is 0 Å². The monoisotopic (exact) mass is 1000 g/mol. The topological polar surface area (TPSA) is 81.3 Å². The molecule has 7 nitrogen and oxygen atoms in total. The fourth-order valence-electron chi connectivity index (χ4n) is 11.3. The van der Waals surface area contributed by atoms with Crippen LogP contribution in [0.25, 0.3) is 142 Å². The number of furan rings is 3. The summed E-state index contributed by atoms with van der Waals surface area (Å²) in [4.78, 5) is 18.5. The molecule has 0 saturated carbocycles. The van der Waals surface area contributed by atoms with E-state index in [1.807, 2.05) is 65.9 Å². The van der Waals surface area contributed by atoms with Gasteiger partial charge in [0.15, 0.2) is 17.5 Å². The summed E-state index contributed by atoms with van der Waals surface area (Å²) in [6.45, 7) is 0. The molecule has 0 saturated heterocycles. The SMILES string of the molecule is c1ccc(-c2cc(-c3nc(-c4ccc5c(c4)oc4ccccc45)nc(-c4ccc5c(c4)oc4ccccc45)n3)cc(-c3ccccc3)c2N(c2ccccc2)c2ccc3c(c2)sc2c3ccc3oc4ccccc4c32)cc1. The Labute approximate surface area is 444 Å². The maximum Gasteiger partial charge on any atom is 0.164 e. The number of hydrogen-bond donors (Lipinski definition) is 0. The van der Waals surface area contributed by atoms with Crippen LogP contribution in [-0.4, -0.2) is 15.0 Å². The van der Waals surface area contributed by atoms with Gasteiger partial charge in [-0.3, -0.25) is 0 Å². The van der Waals surface area contributed by atoms with Crippen LogP contribution in [0.2, 0.25) is 0 Å². The molecule has 0 radical (unpaired) electrons. The number of hydrogen-bond acceptors (Lipinski definition) is 8. The van der Waals surface area contributed by atoms with Crippen LogP contribution in [0, 0.1) is 0 Å².